The van der Waals surface area contributed by atoms with Gasteiger partial charge in [0.05, 0.1) is 6.61 Å². The molecule has 2 rings (SSSR count). The van der Waals surface area contributed by atoms with Gasteiger partial charge in [0.1, 0.15) is 5.75 Å². The molecule has 0 aliphatic rings. The van der Waals surface area contributed by atoms with Crippen molar-refractivity contribution in [2.75, 3.05) is 11.9 Å². The summed E-state index contributed by atoms with van der Waals surface area (Å²) in [7, 11) is 0. The van der Waals surface area contributed by atoms with E-state index >= 15 is 0 Å². The van der Waals surface area contributed by atoms with Crippen LogP contribution < -0.4 is 10.1 Å². The summed E-state index contributed by atoms with van der Waals surface area (Å²) in [5, 5.41) is 3.26. The Labute approximate surface area is 164 Å². The van der Waals surface area contributed by atoms with Gasteiger partial charge in [0.25, 0.3) is 5.91 Å². The molecule has 0 unspecified atom stereocenters. The molecule has 0 spiro atoms. The van der Waals surface area contributed by atoms with Crippen molar-refractivity contribution in [3.8, 4) is 5.75 Å². The monoisotopic (exact) mass is 389 g/mol. The van der Waals surface area contributed by atoms with Crippen LogP contribution in [-0.4, -0.2) is 24.6 Å². The number of para-hydroxylation sites is 1. The maximum absolute atomic E-state index is 12.3. The number of carbonyl (C=O) groups is 2. The molecule has 1 atom stereocenters. The molecule has 0 fully saturated rings. The number of hydrogen-bond acceptors (Lipinski definition) is 4. The molecule has 27 heavy (non-hydrogen) atoms. The standard InChI is InChI=1S/C21H24ClNO4/c1-4-26-19-8-6-5-7-16(19)10-12-20(24)27-15(3)21(25)23-18-13-17(22)11-9-14(18)2/h5-9,11,13,15H,4,10,12H2,1-3H3,(H,23,25)/t15-/m1/s1. The van der Waals surface area contributed by atoms with E-state index in [0.29, 0.717) is 23.7 Å². The highest BCUT2D eigenvalue weighted by atomic mass is 35.5. The second-order valence-corrected chi connectivity index (χ2v) is 6.56. The van der Waals surface area contributed by atoms with Gasteiger partial charge in [0, 0.05) is 17.1 Å². The predicted octanol–water partition coefficient (Wildman–Crippen LogP) is 4.55. The van der Waals surface area contributed by atoms with Crippen molar-refractivity contribution in [3.05, 3.63) is 58.6 Å². The lowest BCUT2D eigenvalue weighted by molar-refractivity contribution is -0.153. The van der Waals surface area contributed by atoms with E-state index in [0.717, 1.165) is 16.9 Å². The molecule has 0 aromatic heterocycles. The van der Waals surface area contributed by atoms with Crippen molar-refractivity contribution in [2.45, 2.75) is 39.7 Å². The number of rotatable bonds is 8. The molecule has 144 valence electrons. The minimum absolute atomic E-state index is 0.165. The summed E-state index contributed by atoms with van der Waals surface area (Å²) in [5.41, 5.74) is 2.41. The van der Waals surface area contributed by atoms with E-state index in [1.807, 2.05) is 44.2 Å². The highest BCUT2D eigenvalue weighted by Crippen LogP contribution is 2.21. The number of carbonyl (C=O) groups excluding carboxylic acids is 2. The summed E-state index contributed by atoms with van der Waals surface area (Å²) in [4.78, 5) is 24.4. The van der Waals surface area contributed by atoms with Crippen LogP contribution >= 0.6 is 11.6 Å². The zero-order chi connectivity index (χ0) is 19.8. The molecule has 0 heterocycles. The van der Waals surface area contributed by atoms with Crippen LogP contribution in [0.5, 0.6) is 5.75 Å². The van der Waals surface area contributed by atoms with Crippen LogP contribution in [0, 0.1) is 6.92 Å². The van der Waals surface area contributed by atoms with Crippen LogP contribution in [0.4, 0.5) is 5.69 Å². The van der Waals surface area contributed by atoms with Gasteiger partial charge in [-0.25, -0.2) is 0 Å². The number of hydrogen-bond donors (Lipinski definition) is 1. The van der Waals surface area contributed by atoms with Gasteiger partial charge in [0.2, 0.25) is 0 Å². The molecule has 0 aliphatic heterocycles. The number of benzene rings is 2. The predicted molar refractivity (Wildman–Crippen MR) is 106 cm³/mol. The molecular weight excluding hydrogens is 366 g/mol. The maximum atomic E-state index is 12.3. The summed E-state index contributed by atoms with van der Waals surface area (Å²) in [6.07, 6.45) is -0.257. The summed E-state index contributed by atoms with van der Waals surface area (Å²) >= 11 is 5.95. The Hall–Kier alpha value is -2.53. The van der Waals surface area contributed by atoms with Crippen molar-refractivity contribution < 1.29 is 19.1 Å². The van der Waals surface area contributed by atoms with Crippen LogP contribution in [0.2, 0.25) is 5.02 Å². The Bertz CT molecular complexity index is 807. The van der Waals surface area contributed by atoms with Gasteiger partial charge in [-0.05, 0) is 56.5 Å². The number of esters is 1. The summed E-state index contributed by atoms with van der Waals surface area (Å²) < 4.78 is 10.8. The van der Waals surface area contributed by atoms with Crippen molar-refractivity contribution in [1.82, 2.24) is 0 Å². The van der Waals surface area contributed by atoms with E-state index in [-0.39, 0.29) is 6.42 Å². The van der Waals surface area contributed by atoms with E-state index in [9.17, 15) is 9.59 Å². The van der Waals surface area contributed by atoms with E-state index in [4.69, 9.17) is 21.1 Å². The van der Waals surface area contributed by atoms with E-state index < -0.39 is 18.0 Å². The first kappa shape index (κ1) is 20.8. The highest BCUT2D eigenvalue weighted by molar-refractivity contribution is 6.31. The minimum Gasteiger partial charge on any atom is -0.494 e. The SMILES string of the molecule is CCOc1ccccc1CCC(=O)O[C@H](C)C(=O)Nc1cc(Cl)ccc1C. The lowest BCUT2D eigenvalue weighted by Crippen LogP contribution is -2.30. The average Bonchev–Trinajstić information content (AvgIpc) is 2.64. The fourth-order valence-corrected chi connectivity index (χ4v) is 2.69. The van der Waals surface area contributed by atoms with E-state index in [2.05, 4.69) is 5.32 Å². The largest absolute Gasteiger partial charge is 0.494 e. The second kappa shape index (κ2) is 9.97. The fraction of sp³-hybridized carbons (Fsp3) is 0.333. The molecule has 5 nitrogen and oxygen atoms in total. The van der Waals surface area contributed by atoms with Gasteiger partial charge in [-0.2, -0.15) is 0 Å². The average molecular weight is 390 g/mol. The van der Waals surface area contributed by atoms with Crippen molar-refractivity contribution in [3.63, 3.8) is 0 Å². The van der Waals surface area contributed by atoms with Crippen LogP contribution in [-0.2, 0) is 20.7 Å². The van der Waals surface area contributed by atoms with Crippen molar-refractivity contribution in [2.24, 2.45) is 0 Å². The number of ether oxygens (including phenoxy) is 2. The molecular formula is C21H24ClNO4. The van der Waals surface area contributed by atoms with E-state index in [1.165, 1.54) is 0 Å². The van der Waals surface area contributed by atoms with Crippen molar-refractivity contribution in [1.29, 1.82) is 0 Å². The number of halogens is 1. The molecule has 0 saturated heterocycles. The van der Waals surface area contributed by atoms with Gasteiger partial charge < -0.3 is 14.8 Å². The third-order valence-corrected chi connectivity index (χ3v) is 4.24. The maximum Gasteiger partial charge on any atom is 0.306 e. The van der Waals surface area contributed by atoms with Crippen LogP contribution in [0.15, 0.2) is 42.5 Å². The Morgan fingerprint density at radius 1 is 1.19 bits per heavy atom. The lowest BCUT2D eigenvalue weighted by atomic mass is 10.1. The van der Waals surface area contributed by atoms with Gasteiger partial charge in [-0.1, -0.05) is 35.9 Å². The first-order chi connectivity index (χ1) is 12.9. The third-order valence-electron chi connectivity index (χ3n) is 4.01. The zero-order valence-electron chi connectivity index (χ0n) is 15.8. The number of anilines is 1. The second-order valence-electron chi connectivity index (χ2n) is 6.12. The molecule has 2 aromatic rings. The summed E-state index contributed by atoms with van der Waals surface area (Å²) in [6, 6.07) is 12.8. The fourth-order valence-electron chi connectivity index (χ4n) is 2.52. The molecule has 6 heteroatoms. The van der Waals surface area contributed by atoms with Gasteiger partial charge >= 0.3 is 5.97 Å². The smallest absolute Gasteiger partial charge is 0.306 e. The molecule has 0 aliphatic carbocycles. The molecule has 1 amide bonds. The first-order valence-corrected chi connectivity index (χ1v) is 9.25. The number of aryl methyl sites for hydroxylation is 2. The quantitative estimate of drug-likeness (QED) is 0.672. The Morgan fingerprint density at radius 3 is 2.67 bits per heavy atom. The minimum atomic E-state index is -0.905. The topological polar surface area (TPSA) is 64.6 Å². The summed E-state index contributed by atoms with van der Waals surface area (Å²) in [6.45, 7) is 5.87. The van der Waals surface area contributed by atoms with Gasteiger partial charge in [-0.3, -0.25) is 9.59 Å². The molecule has 2 aromatic carbocycles. The molecule has 0 radical (unpaired) electrons. The van der Waals surface area contributed by atoms with E-state index in [1.54, 1.807) is 19.1 Å². The zero-order valence-corrected chi connectivity index (χ0v) is 16.5. The van der Waals surface area contributed by atoms with Crippen LogP contribution in [0.25, 0.3) is 0 Å². The molecule has 0 bridgehead atoms. The molecule has 1 N–H and O–H groups in total. The number of amides is 1. The normalized spacial score (nSPS) is 11.6. The lowest BCUT2D eigenvalue weighted by Gasteiger charge is -2.15. The Kier molecular flexibility index (Phi) is 7.67. The van der Waals surface area contributed by atoms with Gasteiger partial charge in [0.15, 0.2) is 6.10 Å². The Morgan fingerprint density at radius 2 is 1.93 bits per heavy atom. The van der Waals surface area contributed by atoms with Crippen molar-refractivity contribution >= 4 is 29.2 Å². The number of nitrogens with one attached hydrogen (secondary N) is 1. The van der Waals surface area contributed by atoms with Gasteiger partial charge in [-0.15, -0.1) is 0 Å². The Balaban J connectivity index is 1.88. The highest BCUT2D eigenvalue weighted by Gasteiger charge is 2.19. The third kappa shape index (κ3) is 6.29. The van der Waals surface area contributed by atoms with Crippen LogP contribution in [0.1, 0.15) is 31.4 Å². The molecule has 0 saturated carbocycles. The first-order valence-electron chi connectivity index (χ1n) is 8.88. The summed E-state index contributed by atoms with van der Waals surface area (Å²) in [5.74, 6) is -0.0785. The van der Waals surface area contributed by atoms with Crippen LogP contribution in [0.3, 0.4) is 0 Å².